The summed E-state index contributed by atoms with van der Waals surface area (Å²) in [5.74, 6) is 0.604. The number of hydrogen-bond donors (Lipinski definition) is 0. The lowest BCUT2D eigenvalue weighted by atomic mass is 10.3. The van der Waals surface area contributed by atoms with Gasteiger partial charge in [0.05, 0.1) is 6.20 Å². The molecule has 94 valence electrons. The third kappa shape index (κ3) is 2.80. The van der Waals surface area contributed by atoms with Crippen LogP contribution >= 0.6 is 0 Å². The lowest BCUT2D eigenvalue weighted by Crippen LogP contribution is -1.95. The fourth-order valence-corrected chi connectivity index (χ4v) is 1.76. The highest BCUT2D eigenvalue weighted by atomic mass is 16.5. The molecule has 3 aromatic rings. The standard InChI is InChI=1S/C15H13N3O/c1-2-6-14(7-3-1)18-10-15(17-12-18)19-11-13-5-4-8-16-9-13/h1-10,12H,11H2. The van der Waals surface area contributed by atoms with Crippen molar-refractivity contribution in [3.8, 4) is 11.6 Å². The van der Waals surface area contributed by atoms with Gasteiger partial charge in [0.2, 0.25) is 5.88 Å². The molecule has 0 aliphatic heterocycles. The normalized spacial score (nSPS) is 10.3. The van der Waals surface area contributed by atoms with Crippen LogP contribution in [0.5, 0.6) is 5.88 Å². The van der Waals surface area contributed by atoms with Crippen molar-refractivity contribution < 1.29 is 4.74 Å². The summed E-state index contributed by atoms with van der Waals surface area (Å²) in [4.78, 5) is 8.27. The molecule has 2 heterocycles. The molecular weight excluding hydrogens is 238 g/mol. The maximum absolute atomic E-state index is 5.62. The third-order valence-corrected chi connectivity index (χ3v) is 2.72. The van der Waals surface area contributed by atoms with Crippen LogP contribution < -0.4 is 4.74 Å². The molecule has 0 aliphatic rings. The fraction of sp³-hybridized carbons (Fsp3) is 0.0667. The van der Waals surface area contributed by atoms with Gasteiger partial charge in [-0.15, -0.1) is 0 Å². The van der Waals surface area contributed by atoms with E-state index in [-0.39, 0.29) is 0 Å². The topological polar surface area (TPSA) is 39.9 Å². The molecule has 0 atom stereocenters. The van der Waals surface area contributed by atoms with Crippen molar-refractivity contribution in [2.24, 2.45) is 0 Å². The number of pyridine rings is 1. The van der Waals surface area contributed by atoms with E-state index in [0.717, 1.165) is 11.3 Å². The van der Waals surface area contributed by atoms with E-state index in [0.29, 0.717) is 12.5 Å². The molecule has 0 aliphatic carbocycles. The van der Waals surface area contributed by atoms with Crippen molar-refractivity contribution in [1.82, 2.24) is 14.5 Å². The zero-order valence-corrected chi connectivity index (χ0v) is 10.3. The van der Waals surface area contributed by atoms with Crippen LogP contribution in [0.2, 0.25) is 0 Å². The molecule has 0 radical (unpaired) electrons. The van der Waals surface area contributed by atoms with Crippen LogP contribution in [0.25, 0.3) is 5.69 Å². The van der Waals surface area contributed by atoms with Crippen molar-refractivity contribution in [2.75, 3.05) is 0 Å². The van der Waals surface area contributed by atoms with Gasteiger partial charge in [-0.05, 0) is 18.2 Å². The van der Waals surface area contributed by atoms with Gasteiger partial charge in [0, 0.05) is 23.6 Å². The van der Waals surface area contributed by atoms with Crippen LogP contribution in [-0.4, -0.2) is 14.5 Å². The number of nitrogens with zero attached hydrogens (tertiary/aromatic N) is 3. The monoisotopic (exact) mass is 251 g/mol. The first kappa shape index (κ1) is 11.5. The van der Waals surface area contributed by atoms with E-state index in [2.05, 4.69) is 9.97 Å². The van der Waals surface area contributed by atoms with Gasteiger partial charge in [-0.1, -0.05) is 24.3 Å². The predicted octanol–water partition coefficient (Wildman–Crippen LogP) is 2.85. The summed E-state index contributed by atoms with van der Waals surface area (Å²) in [6.45, 7) is 0.472. The molecule has 0 fully saturated rings. The van der Waals surface area contributed by atoms with E-state index in [1.165, 1.54) is 0 Å². The van der Waals surface area contributed by atoms with Gasteiger partial charge in [-0.2, -0.15) is 0 Å². The molecule has 3 rings (SSSR count). The maximum atomic E-state index is 5.62. The largest absolute Gasteiger partial charge is 0.472 e. The maximum Gasteiger partial charge on any atom is 0.232 e. The minimum absolute atomic E-state index is 0.472. The Morgan fingerprint density at radius 1 is 1.05 bits per heavy atom. The Kier molecular flexibility index (Phi) is 3.23. The van der Waals surface area contributed by atoms with Crippen LogP contribution in [0, 0.1) is 0 Å². The molecule has 2 aromatic heterocycles. The van der Waals surface area contributed by atoms with E-state index in [1.54, 1.807) is 18.7 Å². The summed E-state index contributed by atoms with van der Waals surface area (Å²) < 4.78 is 7.55. The second kappa shape index (κ2) is 5.35. The lowest BCUT2D eigenvalue weighted by molar-refractivity contribution is 0.295. The Balaban J connectivity index is 1.69. The van der Waals surface area contributed by atoms with E-state index in [1.807, 2.05) is 53.2 Å². The summed E-state index contributed by atoms with van der Waals surface area (Å²) in [5.41, 5.74) is 2.09. The highest BCUT2D eigenvalue weighted by Crippen LogP contribution is 2.13. The second-order valence-electron chi connectivity index (χ2n) is 4.10. The number of aromatic nitrogens is 3. The summed E-state index contributed by atoms with van der Waals surface area (Å²) in [6, 6.07) is 13.9. The van der Waals surface area contributed by atoms with Gasteiger partial charge in [0.25, 0.3) is 0 Å². The van der Waals surface area contributed by atoms with Crippen LogP contribution in [0.15, 0.2) is 67.4 Å². The van der Waals surface area contributed by atoms with Crippen LogP contribution in [0.1, 0.15) is 5.56 Å². The van der Waals surface area contributed by atoms with Crippen LogP contribution in [-0.2, 0) is 6.61 Å². The Labute approximate surface area is 111 Å². The molecule has 0 saturated carbocycles. The third-order valence-electron chi connectivity index (χ3n) is 2.72. The Bertz CT molecular complexity index is 635. The summed E-state index contributed by atoms with van der Waals surface area (Å²) in [6.07, 6.45) is 7.14. The van der Waals surface area contributed by atoms with E-state index < -0.39 is 0 Å². The van der Waals surface area contributed by atoms with Crippen molar-refractivity contribution in [3.05, 3.63) is 72.9 Å². The molecule has 0 bridgehead atoms. The molecule has 4 heteroatoms. The van der Waals surface area contributed by atoms with Crippen LogP contribution in [0.3, 0.4) is 0 Å². The molecule has 0 unspecified atom stereocenters. The summed E-state index contributed by atoms with van der Waals surface area (Å²) >= 11 is 0. The second-order valence-corrected chi connectivity index (χ2v) is 4.10. The van der Waals surface area contributed by atoms with Gasteiger partial charge in [-0.25, -0.2) is 4.98 Å². The first-order chi connectivity index (χ1) is 9.42. The molecule has 1 aromatic carbocycles. The highest BCUT2D eigenvalue weighted by Gasteiger charge is 2.01. The Morgan fingerprint density at radius 2 is 1.95 bits per heavy atom. The zero-order valence-electron chi connectivity index (χ0n) is 10.3. The van der Waals surface area contributed by atoms with Gasteiger partial charge < -0.3 is 9.30 Å². The van der Waals surface area contributed by atoms with E-state index in [9.17, 15) is 0 Å². The predicted molar refractivity (Wildman–Crippen MR) is 72.1 cm³/mol. The average Bonchev–Trinajstić information content (AvgIpc) is 2.96. The number of ether oxygens (including phenoxy) is 1. The minimum Gasteiger partial charge on any atom is -0.472 e. The Morgan fingerprint density at radius 3 is 2.74 bits per heavy atom. The van der Waals surface area contributed by atoms with Crippen molar-refractivity contribution in [2.45, 2.75) is 6.61 Å². The zero-order chi connectivity index (χ0) is 12.9. The molecule has 4 nitrogen and oxygen atoms in total. The molecule has 0 saturated heterocycles. The first-order valence-electron chi connectivity index (χ1n) is 6.03. The average molecular weight is 251 g/mol. The number of hydrogen-bond acceptors (Lipinski definition) is 3. The molecule has 19 heavy (non-hydrogen) atoms. The quantitative estimate of drug-likeness (QED) is 0.715. The molecule has 0 spiro atoms. The van der Waals surface area contributed by atoms with E-state index >= 15 is 0 Å². The molecule has 0 amide bonds. The van der Waals surface area contributed by atoms with Gasteiger partial charge in [-0.3, -0.25) is 4.98 Å². The lowest BCUT2D eigenvalue weighted by Gasteiger charge is -2.02. The first-order valence-corrected chi connectivity index (χ1v) is 6.03. The van der Waals surface area contributed by atoms with Gasteiger partial charge in [0.15, 0.2) is 0 Å². The Hall–Kier alpha value is -2.62. The molecule has 0 N–H and O–H groups in total. The number of rotatable bonds is 4. The molecular formula is C15H13N3O. The van der Waals surface area contributed by atoms with Crippen molar-refractivity contribution in [3.63, 3.8) is 0 Å². The highest BCUT2D eigenvalue weighted by molar-refractivity contribution is 5.32. The summed E-state index contributed by atoms with van der Waals surface area (Å²) in [7, 11) is 0. The number of para-hydroxylation sites is 1. The fourth-order valence-electron chi connectivity index (χ4n) is 1.76. The van der Waals surface area contributed by atoms with Gasteiger partial charge >= 0.3 is 0 Å². The smallest absolute Gasteiger partial charge is 0.232 e. The van der Waals surface area contributed by atoms with E-state index in [4.69, 9.17) is 4.74 Å². The van der Waals surface area contributed by atoms with Crippen LogP contribution in [0.4, 0.5) is 0 Å². The number of imidazole rings is 1. The van der Waals surface area contributed by atoms with Crippen molar-refractivity contribution in [1.29, 1.82) is 0 Å². The minimum atomic E-state index is 0.472. The van der Waals surface area contributed by atoms with Crippen molar-refractivity contribution >= 4 is 0 Å². The van der Waals surface area contributed by atoms with Gasteiger partial charge in [0.1, 0.15) is 12.9 Å². The number of benzene rings is 1. The summed E-state index contributed by atoms with van der Waals surface area (Å²) in [5, 5.41) is 0. The SMILES string of the molecule is c1ccc(-n2cnc(OCc3cccnc3)c2)cc1.